The van der Waals surface area contributed by atoms with Gasteiger partial charge in [0.15, 0.2) is 0 Å². The molecule has 2 heterocycles. The van der Waals surface area contributed by atoms with Crippen molar-refractivity contribution in [1.29, 1.82) is 0 Å². The molecule has 0 unspecified atom stereocenters. The number of aryl methyl sites for hydroxylation is 3. The van der Waals surface area contributed by atoms with Gasteiger partial charge in [-0.3, -0.25) is 9.78 Å². The molecule has 0 spiro atoms. The molecule has 3 aromatic rings. The van der Waals surface area contributed by atoms with Gasteiger partial charge in [0.2, 0.25) is 0 Å². The fourth-order valence-electron chi connectivity index (χ4n) is 2.47. The topological polar surface area (TPSA) is 64.1 Å². The van der Waals surface area contributed by atoms with Gasteiger partial charge in [0, 0.05) is 11.4 Å². The van der Waals surface area contributed by atoms with Crippen molar-refractivity contribution in [2.45, 2.75) is 34.3 Å². The van der Waals surface area contributed by atoms with Crippen LogP contribution in [0.15, 0.2) is 36.5 Å². The number of aromatic nitrogens is 2. The Morgan fingerprint density at radius 3 is 2.69 bits per heavy atom. The summed E-state index contributed by atoms with van der Waals surface area (Å²) in [5, 5.41) is 3.74. The van der Waals surface area contributed by atoms with E-state index in [1.165, 1.54) is 11.3 Å². The number of rotatable bonds is 5. The second-order valence-electron chi connectivity index (χ2n) is 6.15. The fourth-order valence-corrected chi connectivity index (χ4v) is 3.35. The maximum atomic E-state index is 12.6. The highest BCUT2D eigenvalue weighted by atomic mass is 32.1. The molecule has 1 N–H and O–H groups in total. The lowest BCUT2D eigenvalue weighted by Crippen LogP contribution is -2.12. The Morgan fingerprint density at radius 1 is 1.15 bits per heavy atom. The molecule has 134 valence electrons. The van der Waals surface area contributed by atoms with Crippen LogP contribution in [0.3, 0.4) is 0 Å². The maximum absolute atomic E-state index is 12.6. The van der Waals surface area contributed by atoms with Crippen molar-refractivity contribution in [2.24, 2.45) is 0 Å². The van der Waals surface area contributed by atoms with E-state index in [1.54, 1.807) is 6.20 Å². The summed E-state index contributed by atoms with van der Waals surface area (Å²) in [6.07, 6.45) is 1.68. The highest BCUT2D eigenvalue weighted by Crippen LogP contribution is 2.23. The Hall–Kier alpha value is -2.73. The van der Waals surface area contributed by atoms with Crippen LogP contribution in [0.25, 0.3) is 0 Å². The number of hydrogen-bond donors (Lipinski definition) is 1. The third-order valence-corrected chi connectivity index (χ3v) is 5.28. The van der Waals surface area contributed by atoms with E-state index in [0.29, 0.717) is 22.9 Å². The standard InChI is InChI=1S/C20H21N3O2S/c1-12-6-5-7-17(14(12)3)23-20(24)19-15(4)22-18(26-19)11-25-16-9-8-13(2)21-10-16/h5-10H,11H2,1-4H3,(H,23,24). The molecule has 0 aliphatic heterocycles. The zero-order valence-corrected chi connectivity index (χ0v) is 16.1. The van der Waals surface area contributed by atoms with Crippen molar-refractivity contribution in [3.05, 3.63) is 68.9 Å². The van der Waals surface area contributed by atoms with Crippen LogP contribution < -0.4 is 10.1 Å². The number of benzene rings is 1. The van der Waals surface area contributed by atoms with Gasteiger partial charge in [0.1, 0.15) is 22.2 Å². The van der Waals surface area contributed by atoms with Gasteiger partial charge in [-0.25, -0.2) is 4.98 Å². The zero-order chi connectivity index (χ0) is 18.7. The second kappa shape index (κ2) is 7.66. The predicted octanol–water partition coefficient (Wildman–Crippen LogP) is 4.60. The zero-order valence-electron chi connectivity index (χ0n) is 15.3. The van der Waals surface area contributed by atoms with Crippen LogP contribution in [-0.2, 0) is 6.61 Å². The summed E-state index contributed by atoms with van der Waals surface area (Å²) in [5.41, 5.74) is 4.68. The number of thiazole rings is 1. The van der Waals surface area contributed by atoms with Crippen LogP contribution in [0.4, 0.5) is 5.69 Å². The number of pyridine rings is 1. The Labute approximate surface area is 157 Å². The third kappa shape index (κ3) is 4.08. The Bertz CT molecular complexity index is 933. The first-order valence-electron chi connectivity index (χ1n) is 8.33. The molecule has 0 atom stereocenters. The molecule has 2 aromatic heterocycles. The van der Waals surface area contributed by atoms with Gasteiger partial charge >= 0.3 is 0 Å². The van der Waals surface area contributed by atoms with Gasteiger partial charge in [0.05, 0.1) is 11.9 Å². The minimum Gasteiger partial charge on any atom is -0.485 e. The van der Waals surface area contributed by atoms with E-state index in [2.05, 4.69) is 15.3 Å². The first-order valence-corrected chi connectivity index (χ1v) is 9.15. The number of ether oxygens (including phenoxy) is 1. The largest absolute Gasteiger partial charge is 0.485 e. The molecule has 1 aromatic carbocycles. The number of hydrogen-bond acceptors (Lipinski definition) is 5. The van der Waals surface area contributed by atoms with Crippen molar-refractivity contribution in [1.82, 2.24) is 9.97 Å². The Morgan fingerprint density at radius 2 is 1.96 bits per heavy atom. The fraction of sp³-hybridized carbons (Fsp3) is 0.250. The van der Waals surface area contributed by atoms with Crippen molar-refractivity contribution >= 4 is 22.9 Å². The lowest BCUT2D eigenvalue weighted by Gasteiger charge is -2.09. The first kappa shape index (κ1) is 18.1. The lowest BCUT2D eigenvalue weighted by atomic mass is 10.1. The molecule has 0 saturated heterocycles. The highest BCUT2D eigenvalue weighted by molar-refractivity contribution is 7.13. The quantitative estimate of drug-likeness (QED) is 0.716. The van der Waals surface area contributed by atoms with Crippen LogP contribution in [0.1, 0.15) is 37.2 Å². The molecule has 26 heavy (non-hydrogen) atoms. The predicted molar refractivity (Wildman–Crippen MR) is 104 cm³/mol. The van der Waals surface area contributed by atoms with Crippen molar-refractivity contribution in [2.75, 3.05) is 5.32 Å². The number of amides is 1. The molecule has 0 aliphatic rings. The molecule has 0 bridgehead atoms. The second-order valence-corrected chi connectivity index (χ2v) is 7.23. The Kier molecular flexibility index (Phi) is 5.32. The number of carbonyl (C=O) groups is 1. The van der Waals surface area contributed by atoms with Crippen LogP contribution in [0, 0.1) is 27.7 Å². The smallest absolute Gasteiger partial charge is 0.267 e. The van der Waals surface area contributed by atoms with Crippen LogP contribution in [0.5, 0.6) is 5.75 Å². The molecule has 0 radical (unpaired) electrons. The first-order chi connectivity index (χ1) is 12.4. The average molecular weight is 367 g/mol. The van der Waals surface area contributed by atoms with E-state index in [-0.39, 0.29) is 5.91 Å². The molecule has 1 amide bonds. The van der Waals surface area contributed by atoms with E-state index in [0.717, 1.165) is 27.5 Å². The van der Waals surface area contributed by atoms with Gasteiger partial charge in [-0.15, -0.1) is 11.3 Å². The molecular formula is C20H21N3O2S. The summed E-state index contributed by atoms with van der Waals surface area (Å²) in [6.45, 7) is 8.10. The molecule has 6 heteroatoms. The number of nitrogens with one attached hydrogen (secondary N) is 1. The summed E-state index contributed by atoms with van der Waals surface area (Å²) in [5.74, 6) is 0.543. The van der Waals surface area contributed by atoms with E-state index in [1.807, 2.05) is 58.0 Å². The average Bonchev–Trinajstić information content (AvgIpc) is 2.99. The SMILES string of the molecule is Cc1ccc(OCc2nc(C)c(C(=O)Nc3cccc(C)c3C)s2)cn1. The van der Waals surface area contributed by atoms with Crippen molar-refractivity contribution in [3.63, 3.8) is 0 Å². The number of carbonyl (C=O) groups excluding carboxylic acids is 1. The molecule has 0 aliphatic carbocycles. The van der Waals surface area contributed by atoms with E-state index in [9.17, 15) is 4.79 Å². The molecule has 0 saturated carbocycles. The summed E-state index contributed by atoms with van der Waals surface area (Å²) in [7, 11) is 0. The Balaban J connectivity index is 1.70. The van der Waals surface area contributed by atoms with Crippen LogP contribution >= 0.6 is 11.3 Å². The van der Waals surface area contributed by atoms with Crippen molar-refractivity contribution < 1.29 is 9.53 Å². The molecular weight excluding hydrogens is 346 g/mol. The number of nitrogens with zero attached hydrogens (tertiary/aromatic N) is 2. The normalized spacial score (nSPS) is 10.6. The highest BCUT2D eigenvalue weighted by Gasteiger charge is 2.16. The minimum absolute atomic E-state index is 0.142. The van der Waals surface area contributed by atoms with Gasteiger partial charge in [-0.1, -0.05) is 12.1 Å². The van der Waals surface area contributed by atoms with Crippen LogP contribution in [-0.4, -0.2) is 15.9 Å². The lowest BCUT2D eigenvalue weighted by molar-refractivity contribution is 0.102. The van der Waals surface area contributed by atoms with Gasteiger partial charge < -0.3 is 10.1 Å². The van der Waals surface area contributed by atoms with Gasteiger partial charge in [-0.2, -0.15) is 0 Å². The van der Waals surface area contributed by atoms with Gasteiger partial charge in [0.25, 0.3) is 5.91 Å². The summed E-state index contributed by atoms with van der Waals surface area (Å²) in [6, 6.07) is 9.64. The van der Waals surface area contributed by atoms with Crippen LogP contribution in [0.2, 0.25) is 0 Å². The van der Waals surface area contributed by atoms with Gasteiger partial charge in [-0.05, 0) is 57.0 Å². The minimum atomic E-state index is -0.142. The number of anilines is 1. The summed E-state index contributed by atoms with van der Waals surface area (Å²) < 4.78 is 5.70. The maximum Gasteiger partial charge on any atom is 0.267 e. The molecule has 3 rings (SSSR count). The van der Waals surface area contributed by atoms with Crippen molar-refractivity contribution in [3.8, 4) is 5.75 Å². The molecule has 0 fully saturated rings. The summed E-state index contributed by atoms with van der Waals surface area (Å²) in [4.78, 5) is 21.9. The van der Waals surface area contributed by atoms with E-state index in [4.69, 9.17) is 4.74 Å². The third-order valence-electron chi connectivity index (χ3n) is 4.15. The van der Waals surface area contributed by atoms with E-state index < -0.39 is 0 Å². The summed E-state index contributed by atoms with van der Waals surface area (Å²) >= 11 is 1.35. The van der Waals surface area contributed by atoms with E-state index >= 15 is 0 Å². The molecule has 5 nitrogen and oxygen atoms in total. The monoisotopic (exact) mass is 367 g/mol.